The molecule has 1 aromatic heterocycles. The second-order valence-electron chi connectivity index (χ2n) is 12.8. The number of nitrogens with zero attached hydrogens (tertiary/aromatic N) is 3. The number of piperazine rings is 1. The number of carbonyl (C=O) groups is 3. The Labute approximate surface area is 269 Å². The lowest BCUT2D eigenvalue weighted by Gasteiger charge is -2.36. The van der Waals surface area contributed by atoms with Crippen molar-refractivity contribution in [3.63, 3.8) is 0 Å². The highest BCUT2D eigenvalue weighted by atomic mass is 35.5. The Bertz CT molecular complexity index is 1790. The van der Waals surface area contributed by atoms with Crippen molar-refractivity contribution < 1.29 is 23.5 Å². The third-order valence-electron chi connectivity index (χ3n) is 8.60. The number of fused-ring (bicyclic) bond motifs is 3. The lowest BCUT2D eigenvalue weighted by atomic mass is 9.93. The van der Waals surface area contributed by atoms with Crippen molar-refractivity contribution in [2.24, 2.45) is 0 Å². The number of anilines is 1. The van der Waals surface area contributed by atoms with Crippen molar-refractivity contribution in [3.05, 3.63) is 73.4 Å². The van der Waals surface area contributed by atoms with Crippen LogP contribution in [0.25, 0.3) is 10.8 Å². The number of benzene rings is 2. The Balaban J connectivity index is 1.16. The molecule has 0 bridgehead atoms. The topological polar surface area (TPSA) is 115 Å². The Hall–Kier alpha value is -3.83. The zero-order chi connectivity index (χ0) is 32.4. The molecular weight excluding hydrogens is 624 g/mol. The summed E-state index contributed by atoms with van der Waals surface area (Å²) in [6.07, 6.45) is 0.805. The minimum Gasteiger partial charge on any atom is -0.444 e. The first-order chi connectivity index (χ1) is 21.2. The van der Waals surface area contributed by atoms with E-state index in [1.54, 1.807) is 41.5 Å². The maximum Gasteiger partial charge on any atom is 0.410 e. The Morgan fingerprint density at radius 3 is 2.47 bits per heavy atom. The fourth-order valence-corrected chi connectivity index (χ4v) is 7.09. The number of amides is 3. The van der Waals surface area contributed by atoms with E-state index in [1.807, 2.05) is 13.0 Å². The maximum absolute atomic E-state index is 15.1. The molecule has 1 aliphatic carbocycles. The van der Waals surface area contributed by atoms with Crippen LogP contribution in [0, 0.1) is 5.82 Å². The number of hydrogen-bond acceptors (Lipinski definition) is 6. The highest BCUT2D eigenvalue weighted by molar-refractivity contribution is 6.35. The van der Waals surface area contributed by atoms with Crippen molar-refractivity contribution in [2.75, 3.05) is 31.5 Å². The van der Waals surface area contributed by atoms with E-state index in [9.17, 15) is 19.2 Å². The number of carbonyl (C=O) groups excluding carboxylic acids is 3. The Kier molecular flexibility index (Phi) is 7.97. The van der Waals surface area contributed by atoms with Crippen LogP contribution in [0.3, 0.4) is 0 Å². The standard InChI is InChI=1S/C32H34Cl2FN5O5/c1-16-28-17(9-19(33)12-21(28)34)5-6-38(16)27(41)15-36-23-10-18-11-24(37-29(42)20(18)13-22(23)35)30(43)39-7-8-40(26-14-25(26)39)31(44)45-32(2,3)4/h9-13,16,25-26,36H,5-8,14-15H2,1-4H3,(H,37,42). The van der Waals surface area contributed by atoms with Crippen LogP contribution in [-0.2, 0) is 16.0 Å². The second kappa shape index (κ2) is 11.5. The number of nitrogens with one attached hydrogen (secondary N) is 2. The lowest BCUT2D eigenvalue weighted by molar-refractivity contribution is -0.131. The van der Waals surface area contributed by atoms with Gasteiger partial charge in [-0.3, -0.25) is 14.4 Å². The molecule has 2 aliphatic heterocycles. The van der Waals surface area contributed by atoms with Crippen LogP contribution in [0.15, 0.2) is 35.1 Å². The van der Waals surface area contributed by atoms with E-state index >= 15 is 4.39 Å². The first-order valence-electron chi connectivity index (χ1n) is 14.9. The molecule has 2 fully saturated rings. The van der Waals surface area contributed by atoms with Crippen LogP contribution >= 0.6 is 23.2 Å². The number of aromatic amines is 1. The van der Waals surface area contributed by atoms with Crippen molar-refractivity contribution in [1.82, 2.24) is 19.7 Å². The molecule has 2 N–H and O–H groups in total. The molecule has 3 aliphatic rings. The highest BCUT2D eigenvalue weighted by Crippen LogP contribution is 2.39. The second-order valence-corrected chi connectivity index (χ2v) is 13.6. The largest absolute Gasteiger partial charge is 0.444 e. The predicted molar refractivity (Wildman–Crippen MR) is 169 cm³/mol. The first-order valence-corrected chi connectivity index (χ1v) is 15.7. The maximum atomic E-state index is 15.1. The molecule has 2 aromatic carbocycles. The fourth-order valence-electron chi connectivity index (χ4n) is 6.39. The summed E-state index contributed by atoms with van der Waals surface area (Å²) < 4.78 is 20.6. The van der Waals surface area contributed by atoms with E-state index in [-0.39, 0.29) is 59.8 Å². The quantitative estimate of drug-likeness (QED) is 0.390. The van der Waals surface area contributed by atoms with Crippen LogP contribution in [0.4, 0.5) is 14.9 Å². The average Bonchev–Trinajstić information content (AvgIpc) is 3.75. The summed E-state index contributed by atoms with van der Waals surface area (Å²) in [6.45, 7) is 8.17. The lowest BCUT2D eigenvalue weighted by Crippen LogP contribution is -2.51. The number of H-pyrrole nitrogens is 1. The molecule has 13 heteroatoms. The van der Waals surface area contributed by atoms with Crippen molar-refractivity contribution in [3.8, 4) is 0 Å². The van der Waals surface area contributed by atoms with Gasteiger partial charge >= 0.3 is 6.09 Å². The third kappa shape index (κ3) is 6.07. The minimum absolute atomic E-state index is 0.0305. The van der Waals surface area contributed by atoms with Gasteiger partial charge in [0.25, 0.3) is 11.5 Å². The molecule has 238 valence electrons. The summed E-state index contributed by atoms with van der Waals surface area (Å²) in [5.41, 5.74) is 0.711. The molecule has 1 saturated carbocycles. The average molecular weight is 659 g/mol. The van der Waals surface area contributed by atoms with Crippen molar-refractivity contribution in [1.29, 1.82) is 0 Å². The van der Waals surface area contributed by atoms with Crippen LogP contribution < -0.4 is 10.9 Å². The van der Waals surface area contributed by atoms with Crippen LogP contribution in [-0.4, -0.2) is 81.5 Å². The van der Waals surface area contributed by atoms with Gasteiger partial charge in [-0.15, -0.1) is 0 Å². The van der Waals surface area contributed by atoms with E-state index < -0.39 is 23.1 Å². The van der Waals surface area contributed by atoms with Gasteiger partial charge in [0, 0.05) is 29.7 Å². The summed E-state index contributed by atoms with van der Waals surface area (Å²) in [7, 11) is 0. The number of pyridine rings is 1. The van der Waals surface area contributed by atoms with Crippen LogP contribution in [0.5, 0.6) is 0 Å². The molecule has 1 saturated heterocycles. The molecule has 0 spiro atoms. The van der Waals surface area contributed by atoms with Crippen LogP contribution in [0.2, 0.25) is 10.0 Å². The number of halogens is 3. The van der Waals surface area contributed by atoms with Crippen molar-refractivity contribution in [2.45, 2.75) is 64.3 Å². The number of ether oxygens (including phenoxy) is 1. The van der Waals surface area contributed by atoms with Gasteiger partial charge < -0.3 is 29.7 Å². The Morgan fingerprint density at radius 2 is 1.73 bits per heavy atom. The van der Waals surface area contributed by atoms with Crippen LogP contribution in [0.1, 0.15) is 61.8 Å². The molecule has 3 amide bonds. The molecular formula is C32H34Cl2FN5O5. The first kappa shape index (κ1) is 31.2. The van der Waals surface area contributed by atoms with E-state index in [4.69, 9.17) is 27.9 Å². The van der Waals surface area contributed by atoms with Gasteiger partial charge in [0.05, 0.1) is 35.7 Å². The molecule has 3 heterocycles. The number of aromatic nitrogens is 1. The highest BCUT2D eigenvalue weighted by Gasteiger charge is 2.53. The molecule has 45 heavy (non-hydrogen) atoms. The van der Waals surface area contributed by atoms with Gasteiger partial charge in [0.1, 0.15) is 17.1 Å². The van der Waals surface area contributed by atoms with E-state index in [0.29, 0.717) is 41.4 Å². The molecule has 3 atom stereocenters. The summed E-state index contributed by atoms with van der Waals surface area (Å²) in [6, 6.07) is 6.94. The molecule has 3 aromatic rings. The van der Waals surface area contributed by atoms with E-state index in [0.717, 1.165) is 17.2 Å². The van der Waals surface area contributed by atoms with E-state index in [1.165, 1.54) is 12.1 Å². The van der Waals surface area contributed by atoms with Crippen molar-refractivity contribution >= 4 is 57.6 Å². The predicted octanol–water partition coefficient (Wildman–Crippen LogP) is 5.37. The normalized spacial score (nSPS) is 20.9. The van der Waals surface area contributed by atoms with Gasteiger partial charge in [0.15, 0.2) is 0 Å². The zero-order valence-electron chi connectivity index (χ0n) is 25.4. The van der Waals surface area contributed by atoms with Gasteiger partial charge in [-0.05, 0) is 87.4 Å². The smallest absolute Gasteiger partial charge is 0.410 e. The van der Waals surface area contributed by atoms with Gasteiger partial charge in [0.2, 0.25) is 5.91 Å². The SMILES string of the molecule is CC1c2c(Cl)cc(Cl)cc2CCN1C(=O)CNc1cc2cc(C(=O)N3CCN(C(=O)OC(C)(C)C)C4CC43)[nH]c(=O)c2cc1F. The van der Waals surface area contributed by atoms with Gasteiger partial charge in [-0.2, -0.15) is 0 Å². The van der Waals surface area contributed by atoms with E-state index in [2.05, 4.69) is 10.3 Å². The summed E-state index contributed by atoms with van der Waals surface area (Å²) >= 11 is 12.6. The summed E-state index contributed by atoms with van der Waals surface area (Å²) in [4.78, 5) is 59.8. The number of hydrogen-bond donors (Lipinski definition) is 2. The monoisotopic (exact) mass is 657 g/mol. The Morgan fingerprint density at radius 1 is 1.02 bits per heavy atom. The number of rotatable bonds is 4. The molecule has 0 radical (unpaired) electrons. The fraction of sp³-hybridized carbons (Fsp3) is 0.438. The summed E-state index contributed by atoms with van der Waals surface area (Å²) in [5, 5.41) is 4.33. The summed E-state index contributed by atoms with van der Waals surface area (Å²) in [5.74, 6) is -1.32. The zero-order valence-corrected chi connectivity index (χ0v) is 26.9. The van der Waals surface area contributed by atoms with Gasteiger partial charge in [-0.1, -0.05) is 23.2 Å². The molecule has 3 unspecified atom stereocenters. The van der Waals surface area contributed by atoms with Gasteiger partial charge in [-0.25, -0.2) is 9.18 Å². The third-order valence-corrected chi connectivity index (χ3v) is 9.13. The molecule has 6 rings (SSSR count). The minimum atomic E-state index is -0.700. The molecule has 10 nitrogen and oxygen atoms in total.